The lowest BCUT2D eigenvalue weighted by Gasteiger charge is -2.40. The van der Waals surface area contributed by atoms with Gasteiger partial charge in [-0.05, 0) is 67.6 Å². The number of ketones is 1. The third kappa shape index (κ3) is 10.7. The molecule has 0 spiro atoms. The Morgan fingerprint density at radius 2 is 1.54 bits per heavy atom. The fourth-order valence-electron chi connectivity index (χ4n) is 7.40. The van der Waals surface area contributed by atoms with E-state index in [0.29, 0.717) is 32.2 Å². The van der Waals surface area contributed by atoms with Gasteiger partial charge in [0.1, 0.15) is 17.8 Å². The molecule has 0 radical (unpaired) electrons. The molecular formula is C37H57N5O6. The first-order chi connectivity index (χ1) is 22.8. The molecule has 0 aromatic heterocycles. The molecule has 1 aliphatic heterocycles. The summed E-state index contributed by atoms with van der Waals surface area (Å²) in [6.07, 6.45) is 15.9. The zero-order valence-corrected chi connectivity index (χ0v) is 29.2. The maximum absolute atomic E-state index is 14.0. The number of nitrogens with two attached hydrogens (primary N) is 1. The predicted octanol–water partition coefficient (Wildman–Crippen LogP) is 4.63. The molecule has 3 atom stereocenters. The largest absolute Gasteiger partial charge is 0.508 e. The summed E-state index contributed by atoms with van der Waals surface area (Å²) in [6, 6.07) is 3.85. The van der Waals surface area contributed by atoms with Crippen LogP contribution in [0.15, 0.2) is 24.3 Å². The topological polar surface area (TPSA) is 171 Å². The van der Waals surface area contributed by atoms with Crippen LogP contribution in [0.5, 0.6) is 5.75 Å². The van der Waals surface area contributed by atoms with Crippen LogP contribution < -0.4 is 21.7 Å². The highest BCUT2D eigenvalue weighted by Gasteiger charge is 2.44. The van der Waals surface area contributed by atoms with Crippen molar-refractivity contribution in [1.29, 1.82) is 0 Å². The van der Waals surface area contributed by atoms with Crippen molar-refractivity contribution in [2.45, 2.75) is 147 Å². The summed E-state index contributed by atoms with van der Waals surface area (Å²) in [5.74, 6) is -2.34. The van der Waals surface area contributed by atoms with E-state index in [1.807, 2.05) is 26.8 Å². The van der Waals surface area contributed by atoms with Gasteiger partial charge in [0, 0.05) is 12.1 Å². The molecule has 2 unspecified atom stereocenters. The second kappa shape index (κ2) is 16.7. The fourth-order valence-corrected chi connectivity index (χ4v) is 7.40. The number of carbonyl (C=O) groups is 5. The zero-order chi connectivity index (χ0) is 34.9. The van der Waals surface area contributed by atoms with Gasteiger partial charge in [-0.1, -0.05) is 97.1 Å². The van der Waals surface area contributed by atoms with Crippen molar-refractivity contribution in [2.24, 2.45) is 17.1 Å². The summed E-state index contributed by atoms with van der Waals surface area (Å²) in [7, 11) is 0. The molecule has 11 heteroatoms. The van der Waals surface area contributed by atoms with Crippen LogP contribution in [0.3, 0.4) is 0 Å². The highest BCUT2D eigenvalue weighted by Crippen LogP contribution is 2.35. The lowest BCUT2D eigenvalue weighted by molar-refractivity contribution is -0.143. The summed E-state index contributed by atoms with van der Waals surface area (Å²) >= 11 is 0. The lowest BCUT2D eigenvalue weighted by atomic mass is 9.77. The summed E-state index contributed by atoms with van der Waals surface area (Å²) in [5, 5.41) is 18.8. The van der Waals surface area contributed by atoms with Crippen LogP contribution in [0.25, 0.3) is 0 Å². The number of primary amides is 1. The first-order valence-electron chi connectivity index (χ1n) is 18.1. The average molecular weight is 668 g/mol. The first kappa shape index (κ1) is 37.2. The molecular weight excluding hydrogens is 610 g/mol. The summed E-state index contributed by atoms with van der Waals surface area (Å²) in [5.41, 5.74) is 4.98. The average Bonchev–Trinajstić information content (AvgIpc) is 3.43. The third-order valence-electron chi connectivity index (χ3n) is 10.3. The second-order valence-corrected chi connectivity index (χ2v) is 15.5. The van der Waals surface area contributed by atoms with E-state index >= 15 is 0 Å². The molecule has 4 aliphatic rings. The SMILES string of the molecule is C1CCCC1.CC(C)(C)C(NC(=O)NC1(Cc2cccc(O)c2)CCCCC1)C(=O)N1CCC[C@H]1C(=O)NC(CC1CC1)C(=O)C(N)=O. The van der Waals surface area contributed by atoms with Gasteiger partial charge in [0.2, 0.25) is 17.6 Å². The van der Waals surface area contributed by atoms with Crippen molar-refractivity contribution >= 4 is 29.5 Å². The molecule has 3 aliphatic carbocycles. The molecule has 4 fully saturated rings. The van der Waals surface area contributed by atoms with E-state index in [9.17, 15) is 29.1 Å². The van der Waals surface area contributed by atoms with Gasteiger partial charge in [-0.2, -0.15) is 0 Å². The highest BCUT2D eigenvalue weighted by atomic mass is 16.3. The van der Waals surface area contributed by atoms with Crippen molar-refractivity contribution in [1.82, 2.24) is 20.9 Å². The maximum Gasteiger partial charge on any atom is 0.315 e. The van der Waals surface area contributed by atoms with E-state index in [2.05, 4.69) is 16.0 Å². The normalized spacial score (nSPS) is 21.6. The van der Waals surface area contributed by atoms with Crippen LogP contribution in [0.4, 0.5) is 4.79 Å². The van der Waals surface area contributed by atoms with Crippen LogP contribution in [0.2, 0.25) is 0 Å². The van der Waals surface area contributed by atoms with Gasteiger partial charge in [0.05, 0.1) is 6.04 Å². The predicted molar refractivity (Wildman–Crippen MR) is 184 cm³/mol. The van der Waals surface area contributed by atoms with Gasteiger partial charge in [-0.15, -0.1) is 0 Å². The van der Waals surface area contributed by atoms with Gasteiger partial charge < -0.3 is 31.7 Å². The van der Waals surface area contributed by atoms with E-state index in [1.165, 1.54) is 37.0 Å². The second-order valence-electron chi connectivity index (χ2n) is 15.5. The summed E-state index contributed by atoms with van der Waals surface area (Å²) in [4.78, 5) is 66.4. The minimum Gasteiger partial charge on any atom is -0.508 e. The molecule has 5 rings (SSSR count). The minimum absolute atomic E-state index is 0.174. The molecule has 6 N–H and O–H groups in total. The van der Waals surface area contributed by atoms with E-state index in [0.717, 1.165) is 50.5 Å². The van der Waals surface area contributed by atoms with Crippen LogP contribution in [-0.2, 0) is 25.6 Å². The van der Waals surface area contributed by atoms with Crippen molar-refractivity contribution in [3.8, 4) is 5.75 Å². The lowest BCUT2D eigenvalue weighted by Crippen LogP contribution is -2.62. The zero-order valence-electron chi connectivity index (χ0n) is 29.2. The van der Waals surface area contributed by atoms with Gasteiger partial charge in [-0.3, -0.25) is 19.2 Å². The highest BCUT2D eigenvalue weighted by molar-refractivity contribution is 6.37. The number of nitrogens with one attached hydrogen (secondary N) is 3. The molecule has 11 nitrogen and oxygen atoms in total. The number of hydrogen-bond donors (Lipinski definition) is 5. The molecule has 1 aromatic carbocycles. The van der Waals surface area contributed by atoms with Gasteiger partial charge in [0.25, 0.3) is 5.91 Å². The molecule has 48 heavy (non-hydrogen) atoms. The smallest absolute Gasteiger partial charge is 0.315 e. The van der Waals surface area contributed by atoms with Crippen LogP contribution in [0.1, 0.15) is 123 Å². The van der Waals surface area contributed by atoms with E-state index in [1.54, 1.807) is 18.2 Å². The number of carbonyl (C=O) groups excluding carboxylic acids is 5. The molecule has 5 amide bonds. The number of aromatic hydroxyl groups is 1. The quantitative estimate of drug-likeness (QED) is 0.215. The molecule has 3 saturated carbocycles. The number of hydrogen-bond acceptors (Lipinski definition) is 6. The van der Waals surface area contributed by atoms with Crippen LogP contribution >= 0.6 is 0 Å². The number of urea groups is 1. The number of phenols is 1. The Hall–Kier alpha value is -3.63. The number of rotatable bonds is 11. The summed E-state index contributed by atoms with van der Waals surface area (Å²) < 4.78 is 0. The van der Waals surface area contributed by atoms with Crippen molar-refractivity contribution in [3.05, 3.63) is 29.8 Å². The Morgan fingerprint density at radius 3 is 2.10 bits per heavy atom. The Balaban J connectivity index is 0.000000950. The monoisotopic (exact) mass is 667 g/mol. The van der Waals surface area contributed by atoms with Crippen LogP contribution in [-0.4, -0.2) is 69.8 Å². The first-order valence-corrected chi connectivity index (χ1v) is 18.1. The number of benzene rings is 1. The van der Waals surface area contributed by atoms with E-state index < -0.39 is 52.7 Å². The number of amides is 5. The third-order valence-corrected chi connectivity index (χ3v) is 10.3. The Morgan fingerprint density at radius 1 is 0.917 bits per heavy atom. The van der Waals surface area contributed by atoms with Gasteiger partial charge >= 0.3 is 6.03 Å². The van der Waals surface area contributed by atoms with Crippen molar-refractivity contribution in [2.75, 3.05) is 6.54 Å². The molecule has 0 bridgehead atoms. The van der Waals surface area contributed by atoms with E-state index in [4.69, 9.17) is 5.73 Å². The van der Waals surface area contributed by atoms with Crippen LogP contribution in [0, 0.1) is 11.3 Å². The molecule has 266 valence electrons. The van der Waals surface area contributed by atoms with Gasteiger partial charge in [-0.25, -0.2) is 4.79 Å². The Kier molecular flexibility index (Phi) is 12.9. The fraction of sp³-hybridized carbons (Fsp3) is 0.703. The van der Waals surface area contributed by atoms with E-state index in [-0.39, 0.29) is 17.6 Å². The standard InChI is InChI=1S/C32H47N5O6.C5H10/c1-31(2,3)26(35-30(43)36-32(14-5-4-6-15-32)19-21-9-7-10-22(38)17-21)29(42)37-16-8-11-24(37)28(41)34-23(18-20-12-13-20)25(39)27(33)40;1-2-4-5-3-1/h7,9-10,17,20,23-24,26,38H,4-6,8,11-16,18-19H2,1-3H3,(H2,33,40)(H,34,41)(H2,35,36,43);1-5H2/t23?,24-,26?;/m0./s1. The minimum atomic E-state index is -1.09. The number of nitrogens with zero attached hydrogens (tertiary/aromatic N) is 1. The van der Waals surface area contributed by atoms with Crippen molar-refractivity contribution < 1.29 is 29.1 Å². The van der Waals surface area contributed by atoms with Gasteiger partial charge in [0.15, 0.2) is 0 Å². The molecule has 1 saturated heterocycles. The number of Topliss-reactive ketones (excluding diaryl/α,β-unsaturated/α-hetero) is 1. The maximum atomic E-state index is 14.0. The number of phenolic OH excluding ortho intramolecular Hbond substituents is 1. The van der Waals surface area contributed by atoms with Crippen molar-refractivity contribution in [3.63, 3.8) is 0 Å². The molecule has 1 aromatic rings. The summed E-state index contributed by atoms with van der Waals surface area (Å²) in [6.45, 7) is 5.93. The number of likely N-dealkylation sites (tertiary alicyclic amines) is 1. The molecule has 1 heterocycles. The Labute approximate surface area is 285 Å². The Bertz CT molecular complexity index is 1290.